The second-order valence-electron chi connectivity index (χ2n) is 9.49. The van der Waals surface area contributed by atoms with Crippen molar-refractivity contribution in [3.63, 3.8) is 0 Å². The highest BCUT2D eigenvalue weighted by Crippen LogP contribution is 2.36. The number of nitrogens with zero attached hydrogens (tertiary/aromatic N) is 2. The Kier molecular flexibility index (Phi) is 9.31. The molecule has 0 aliphatic carbocycles. The van der Waals surface area contributed by atoms with Crippen molar-refractivity contribution in [2.45, 2.75) is 39.8 Å². The van der Waals surface area contributed by atoms with Gasteiger partial charge in [0.15, 0.2) is 11.5 Å². The van der Waals surface area contributed by atoms with E-state index in [1.54, 1.807) is 18.2 Å². The number of hydrogen-bond acceptors (Lipinski definition) is 6. The van der Waals surface area contributed by atoms with E-state index >= 15 is 0 Å². The predicted molar refractivity (Wildman–Crippen MR) is 154 cm³/mol. The minimum Gasteiger partial charge on any atom is -0.454 e. The molecular weight excluding hydrogens is 530 g/mol. The number of carbonyl (C=O) groups excluding carboxylic acids is 2. The molecule has 212 valence electrons. The van der Waals surface area contributed by atoms with E-state index in [0.717, 1.165) is 21.0 Å². The zero-order valence-electron chi connectivity index (χ0n) is 23.0. The molecule has 3 aromatic rings. The van der Waals surface area contributed by atoms with Crippen molar-refractivity contribution in [2.75, 3.05) is 29.9 Å². The molecule has 3 aromatic carbocycles. The molecule has 1 atom stereocenters. The fourth-order valence-electron chi connectivity index (χ4n) is 4.58. The molecule has 4 rings (SSSR count). The highest BCUT2D eigenvalue weighted by molar-refractivity contribution is 7.92. The molecule has 0 radical (unpaired) electrons. The lowest BCUT2D eigenvalue weighted by Crippen LogP contribution is -2.53. The summed E-state index contributed by atoms with van der Waals surface area (Å²) in [6.07, 6.45) is 0.273. The van der Waals surface area contributed by atoms with Crippen molar-refractivity contribution < 1.29 is 27.5 Å². The van der Waals surface area contributed by atoms with E-state index in [1.165, 1.54) is 11.8 Å². The number of ether oxygens (including phenoxy) is 2. The molecule has 0 saturated carbocycles. The zero-order valence-corrected chi connectivity index (χ0v) is 23.8. The Hall–Kier alpha value is -4.05. The van der Waals surface area contributed by atoms with Crippen molar-refractivity contribution in [1.29, 1.82) is 0 Å². The van der Waals surface area contributed by atoms with Gasteiger partial charge >= 0.3 is 0 Å². The first kappa shape index (κ1) is 28.9. The number of anilines is 1. The second-order valence-corrected chi connectivity index (χ2v) is 11.7. The number of aryl methyl sites for hydroxylation is 1. The van der Waals surface area contributed by atoms with Crippen molar-refractivity contribution in [3.8, 4) is 11.5 Å². The Morgan fingerprint density at radius 3 is 2.35 bits per heavy atom. The number of carbonyl (C=O) groups is 2. The topological polar surface area (TPSA) is 105 Å². The van der Waals surface area contributed by atoms with E-state index in [1.807, 2.05) is 68.4 Å². The highest BCUT2D eigenvalue weighted by atomic mass is 32.2. The summed E-state index contributed by atoms with van der Waals surface area (Å²) in [5, 5.41) is 2.86. The number of benzene rings is 3. The molecule has 0 bridgehead atoms. The smallest absolute Gasteiger partial charge is 0.244 e. The highest BCUT2D eigenvalue weighted by Gasteiger charge is 2.34. The largest absolute Gasteiger partial charge is 0.454 e. The summed E-state index contributed by atoms with van der Waals surface area (Å²) in [4.78, 5) is 29.1. The van der Waals surface area contributed by atoms with Gasteiger partial charge in [-0.2, -0.15) is 0 Å². The van der Waals surface area contributed by atoms with E-state index < -0.39 is 28.5 Å². The van der Waals surface area contributed by atoms with Gasteiger partial charge in [0.1, 0.15) is 12.6 Å². The summed E-state index contributed by atoms with van der Waals surface area (Å²) < 4.78 is 38.4. The third-order valence-corrected chi connectivity index (χ3v) is 8.59. The first-order chi connectivity index (χ1) is 19.2. The number of nitrogens with one attached hydrogen (secondary N) is 1. The van der Waals surface area contributed by atoms with Crippen LogP contribution >= 0.6 is 0 Å². The maximum Gasteiger partial charge on any atom is 0.244 e. The van der Waals surface area contributed by atoms with Gasteiger partial charge in [0.25, 0.3) is 0 Å². The minimum absolute atomic E-state index is 0.0379. The molecule has 1 N–H and O–H groups in total. The molecule has 1 aliphatic rings. The van der Waals surface area contributed by atoms with E-state index in [0.29, 0.717) is 18.0 Å². The monoisotopic (exact) mass is 565 g/mol. The molecule has 1 unspecified atom stereocenters. The van der Waals surface area contributed by atoms with Crippen LogP contribution in [0.2, 0.25) is 0 Å². The first-order valence-corrected chi connectivity index (χ1v) is 14.9. The summed E-state index contributed by atoms with van der Waals surface area (Å²) in [6, 6.07) is 21.0. The number of fused-ring (bicyclic) bond motifs is 1. The number of rotatable bonds is 12. The molecule has 0 saturated heterocycles. The number of amides is 2. The van der Waals surface area contributed by atoms with E-state index in [4.69, 9.17) is 9.47 Å². The molecule has 40 heavy (non-hydrogen) atoms. The Balaban J connectivity index is 1.74. The third-order valence-electron chi connectivity index (χ3n) is 6.85. The van der Waals surface area contributed by atoms with Crippen molar-refractivity contribution in [3.05, 3.63) is 89.5 Å². The summed E-state index contributed by atoms with van der Waals surface area (Å²) in [6.45, 7) is 5.38. The van der Waals surface area contributed by atoms with Gasteiger partial charge in [-0.05, 0) is 49.6 Å². The summed E-state index contributed by atoms with van der Waals surface area (Å²) >= 11 is 0. The SMILES string of the molecule is CCNC(=O)C(Cc1ccccc1)N(Cc1ccccc1C)C(=O)CN(c1ccc2c(c1)OCO2)S(=O)(=O)CC. The van der Waals surface area contributed by atoms with Gasteiger partial charge in [0.05, 0.1) is 11.4 Å². The summed E-state index contributed by atoms with van der Waals surface area (Å²) in [7, 11) is -3.87. The quantitative estimate of drug-likeness (QED) is 0.360. The minimum atomic E-state index is -3.87. The maximum absolute atomic E-state index is 14.2. The molecule has 1 heterocycles. The van der Waals surface area contributed by atoms with Crippen LogP contribution in [0.25, 0.3) is 0 Å². The van der Waals surface area contributed by atoms with Crippen LogP contribution in [0.3, 0.4) is 0 Å². The van der Waals surface area contributed by atoms with Crippen LogP contribution in [0.15, 0.2) is 72.8 Å². The van der Waals surface area contributed by atoms with Crippen molar-refractivity contribution in [2.24, 2.45) is 0 Å². The maximum atomic E-state index is 14.2. The summed E-state index contributed by atoms with van der Waals surface area (Å²) in [5.41, 5.74) is 3.00. The Morgan fingerprint density at radius 1 is 0.950 bits per heavy atom. The molecule has 0 fully saturated rings. The lowest BCUT2D eigenvalue weighted by atomic mass is 10.0. The van der Waals surface area contributed by atoms with Gasteiger partial charge in [0, 0.05) is 25.6 Å². The fraction of sp³-hybridized carbons (Fsp3) is 0.333. The molecule has 0 spiro atoms. The molecule has 2 amide bonds. The predicted octanol–water partition coefficient (Wildman–Crippen LogP) is 3.66. The van der Waals surface area contributed by atoms with Crippen molar-refractivity contribution in [1.82, 2.24) is 10.2 Å². The summed E-state index contributed by atoms with van der Waals surface area (Å²) in [5.74, 6) is -0.103. The Bertz CT molecular complexity index is 1440. The Labute approximate surface area is 235 Å². The van der Waals surface area contributed by atoms with Gasteiger partial charge in [0.2, 0.25) is 28.6 Å². The Morgan fingerprint density at radius 2 is 1.65 bits per heavy atom. The van der Waals surface area contributed by atoms with E-state index in [9.17, 15) is 18.0 Å². The lowest BCUT2D eigenvalue weighted by molar-refractivity contribution is -0.140. The molecule has 9 nitrogen and oxygen atoms in total. The van der Waals surface area contributed by atoms with E-state index in [2.05, 4.69) is 5.32 Å². The third kappa shape index (κ3) is 6.74. The van der Waals surface area contributed by atoms with Gasteiger partial charge in [-0.25, -0.2) is 8.42 Å². The van der Waals surface area contributed by atoms with Crippen LogP contribution in [0, 0.1) is 6.92 Å². The molecule has 0 aromatic heterocycles. The van der Waals surface area contributed by atoms with Crippen LogP contribution in [0.4, 0.5) is 5.69 Å². The zero-order chi connectivity index (χ0) is 28.7. The number of likely N-dealkylation sites (N-methyl/N-ethyl adjacent to an activating group) is 1. The lowest BCUT2D eigenvalue weighted by Gasteiger charge is -2.34. The number of sulfonamides is 1. The van der Waals surface area contributed by atoms with Crippen LogP contribution in [0.5, 0.6) is 11.5 Å². The molecule has 10 heteroatoms. The molecule has 1 aliphatic heterocycles. The van der Waals surface area contributed by atoms with E-state index in [-0.39, 0.29) is 37.1 Å². The van der Waals surface area contributed by atoms with Crippen LogP contribution < -0.4 is 19.1 Å². The van der Waals surface area contributed by atoms with Gasteiger partial charge in [-0.1, -0.05) is 54.6 Å². The molecular formula is C30H35N3O6S. The van der Waals surface area contributed by atoms with Crippen LogP contribution in [0.1, 0.15) is 30.5 Å². The number of hydrogen-bond donors (Lipinski definition) is 1. The van der Waals surface area contributed by atoms with Gasteiger partial charge < -0.3 is 19.7 Å². The van der Waals surface area contributed by atoms with Crippen LogP contribution in [-0.2, 0) is 32.6 Å². The first-order valence-electron chi connectivity index (χ1n) is 13.3. The average Bonchev–Trinajstić information content (AvgIpc) is 3.43. The van der Waals surface area contributed by atoms with Gasteiger partial charge in [-0.15, -0.1) is 0 Å². The van der Waals surface area contributed by atoms with Crippen LogP contribution in [-0.4, -0.2) is 56.8 Å². The fourth-order valence-corrected chi connectivity index (χ4v) is 5.63. The second kappa shape index (κ2) is 12.9. The normalized spacial score (nSPS) is 13.0. The standard InChI is InChI=1S/C30H35N3O6S/c1-4-31-30(35)26(17-23-12-7-6-8-13-23)32(19-24-14-10-9-11-22(24)3)29(34)20-33(40(36,37)5-2)25-15-16-27-28(18-25)39-21-38-27/h6-16,18,26H,4-5,17,19-21H2,1-3H3,(H,31,35). The average molecular weight is 566 g/mol. The van der Waals surface area contributed by atoms with Gasteiger partial charge in [-0.3, -0.25) is 13.9 Å². The van der Waals surface area contributed by atoms with Crippen molar-refractivity contribution >= 4 is 27.5 Å².